The Morgan fingerprint density at radius 3 is 2.76 bits per heavy atom. The number of hydrogen-bond donors (Lipinski definition) is 1. The van der Waals surface area contributed by atoms with E-state index in [2.05, 4.69) is 16.8 Å². The third-order valence-corrected chi connectivity index (χ3v) is 3.54. The molecule has 0 amide bonds. The zero-order valence-electron chi connectivity index (χ0n) is 10.5. The van der Waals surface area contributed by atoms with E-state index >= 15 is 0 Å². The summed E-state index contributed by atoms with van der Waals surface area (Å²) in [6.45, 7) is 4.03. The average molecular weight is 234 g/mol. The highest BCUT2D eigenvalue weighted by atomic mass is 16.4. The van der Waals surface area contributed by atoms with Crippen molar-refractivity contribution in [3.63, 3.8) is 0 Å². The molecule has 1 atom stereocenters. The molecule has 0 aromatic carbocycles. The van der Waals surface area contributed by atoms with Gasteiger partial charge in [0.25, 0.3) is 0 Å². The monoisotopic (exact) mass is 234 g/mol. The fourth-order valence-electron chi connectivity index (χ4n) is 2.12. The highest BCUT2D eigenvalue weighted by molar-refractivity contribution is 5.94. The minimum Gasteiger partial charge on any atom is -0.478 e. The third kappa shape index (κ3) is 2.40. The molecule has 0 spiro atoms. The lowest BCUT2D eigenvalue weighted by molar-refractivity contribution is 0.0697. The first-order chi connectivity index (χ1) is 8.00. The summed E-state index contributed by atoms with van der Waals surface area (Å²) in [7, 11) is 1.96. The largest absolute Gasteiger partial charge is 0.478 e. The van der Waals surface area contributed by atoms with Crippen molar-refractivity contribution in [2.45, 2.75) is 32.7 Å². The maximum absolute atomic E-state index is 11.2. The van der Waals surface area contributed by atoms with Crippen molar-refractivity contribution in [3.8, 4) is 0 Å². The van der Waals surface area contributed by atoms with Crippen molar-refractivity contribution >= 4 is 11.7 Å². The molecule has 1 fully saturated rings. The van der Waals surface area contributed by atoms with E-state index in [1.807, 2.05) is 20.0 Å². The van der Waals surface area contributed by atoms with Gasteiger partial charge in [-0.3, -0.25) is 4.98 Å². The number of rotatable bonds is 4. The number of carbonyl (C=O) groups is 1. The topological polar surface area (TPSA) is 53.4 Å². The van der Waals surface area contributed by atoms with Crippen LogP contribution in [0, 0.1) is 12.8 Å². The predicted molar refractivity (Wildman–Crippen MR) is 66.5 cm³/mol. The van der Waals surface area contributed by atoms with Crippen LogP contribution in [0.5, 0.6) is 0 Å². The minimum atomic E-state index is -0.914. The lowest BCUT2D eigenvalue weighted by Gasteiger charge is -2.28. The van der Waals surface area contributed by atoms with Gasteiger partial charge in [-0.2, -0.15) is 0 Å². The summed E-state index contributed by atoms with van der Waals surface area (Å²) >= 11 is 0. The first-order valence-corrected chi connectivity index (χ1v) is 5.93. The average Bonchev–Trinajstić information content (AvgIpc) is 3.10. The SMILES string of the molecule is Cc1cc(N(C)C(C)C2CC2)c(C(=O)O)cn1. The normalized spacial score (nSPS) is 16.6. The maximum Gasteiger partial charge on any atom is 0.339 e. The number of anilines is 1. The molecule has 1 N–H and O–H groups in total. The van der Waals surface area contributed by atoms with E-state index in [-0.39, 0.29) is 5.56 Å². The number of aryl methyl sites for hydroxylation is 1. The number of nitrogens with zero attached hydrogens (tertiary/aromatic N) is 2. The standard InChI is InChI=1S/C13H18N2O2/c1-8-6-12(11(7-14-8)13(16)17)15(3)9(2)10-4-5-10/h6-7,9-10H,4-5H2,1-3H3,(H,16,17). The second-order valence-corrected chi connectivity index (χ2v) is 4.84. The highest BCUT2D eigenvalue weighted by Gasteiger charge is 2.31. The zero-order chi connectivity index (χ0) is 12.6. The van der Waals surface area contributed by atoms with Gasteiger partial charge in [-0.15, -0.1) is 0 Å². The van der Waals surface area contributed by atoms with Gasteiger partial charge in [-0.25, -0.2) is 4.79 Å². The van der Waals surface area contributed by atoms with Crippen LogP contribution < -0.4 is 4.90 Å². The summed E-state index contributed by atoms with van der Waals surface area (Å²) in [5.74, 6) is -0.211. The van der Waals surface area contributed by atoms with E-state index < -0.39 is 5.97 Å². The highest BCUT2D eigenvalue weighted by Crippen LogP contribution is 2.37. The molecule has 0 bridgehead atoms. The molecule has 1 aliphatic rings. The zero-order valence-corrected chi connectivity index (χ0v) is 10.5. The van der Waals surface area contributed by atoms with Crippen LogP contribution in [0.4, 0.5) is 5.69 Å². The molecule has 4 nitrogen and oxygen atoms in total. The van der Waals surface area contributed by atoms with Crippen molar-refractivity contribution in [3.05, 3.63) is 23.5 Å². The van der Waals surface area contributed by atoms with E-state index in [0.717, 1.165) is 11.4 Å². The van der Waals surface area contributed by atoms with E-state index in [0.29, 0.717) is 12.0 Å². The Balaban J connectivity index is 2.34. The van der Waals surface area contributed by atoms with Gasteiger partial charge in [0.1, 0.15) is 5.56 Å². The fourth-order valence-corrected chi connectivity index (χ4v) is 2.12. The Hall–Kier alpha value is -1.58. The molecule has 1 aliphatic carbocycles. The number of hydrogen-bond acceptors (Lipinski definition) is 3. The maximum atomic E-state index is 11.2. The molecular formula is C13H18N2O2. The molecule has 2 rings (SSSR count). The van der Waals surface area contributed by atoms with Crippen molar-refractivity contribution in [2.24, 2.45) is 5.92 Å². The van der Waals surface area contributed by atoms with Crippen LogP contribution in [0.15, 0.2) is 12.3 Å². The number of carboxylic acid groups (broad SMARTS) is 1. The molecule has 1 aromatic heterocycles. The van der Waals surface area contributed by atoms with E-state index in [1.165, 1.54) is 19.0 Å². The van der Waals surface area contributed by atoms with Crippen LogP contribution in [0.2, 0.25) is 0 Å². The summed E-state index contributed by atoms with van der Waals surface area (Å²) in [4.78, 5) is 17.3. The summed E-state index contributed by atoms with van der Waals surface area (Å²) in [6.07, 6.45) is 3.94. The van der Waals surface area contributed by atoms with Crippen LogP contribution in [-0.2, 0) is 0 Å². The van der Waals surface area contributed by atoms with Crippen LogP contribution in [-0.4, -0.2) is 29.1 Å². The molecule has 1 unspecified atom stereocenters. The van der Waals surface area contributed by atoms with Gasteiger partial charge in [-0.1, -0.05) is 0 Å². The van der Waals surface area contributed by atoms with Gasteiger partial charge in [0.05, 0.1) is 5.69 Å². The van der Waals surface area contributed by atoms with Crippen molar-refractivity contribution in [2.75, 3.05) is 11.9 Å². The molecule has 1 heterocycles. The predicted octanol–water partition coefficient (Wildman–Crippen LogP) is 2.32. The van der Waals surface area contributed by atoms with Crippen LogP contribution in [0.3, 0.4) is 0 Å². The van der Waals surface area contributed by atoms with Crippen LogP contribution in [0.25, 0.3) is 0 Å². The summed E-state index contributed by atoms with van der Waals surface area (Å²) in [6, 6.07) is 2.23. The Morgan fingerprint density at radius 1 is 1.59 bits per heavy atom. The molecule has 4 heteroatoms. The molecule has 0 radical (unpaired) electrons. The van der Waals surface area contributed by atoms with Crippen LogP contribution in [0.1, 0.15) is 35.8 Å². The van der Waals surface area contributed by atoms with E-state index in [1.54, 1.807) is 0 Å². The number of carboxylic acids is 1. The Kier molecular flexibility index (Phi) is 3.05. The number of pyridine rings is 1. The second kappa shape index (κ2) is 4.35. The van der Waals surface area contributed by atoms with Crippen molar-refractivity contribution in [1.29, 1.82) is 0 Å². The van der Waals surface area contributed by atoms with E-state index in [4.69, 9.17) is 0 Å². The summed E-state index contributed by atoms with van der Waals surface area (Å²) in [5.41, 5.74) is 1.90. The molecule has 1 saturated carbocycles. The molecule has 1 aromatic rings. The Morgan fingerprint density at radius 2 is 2.24 bits per heavy atom. The van der Waals surface area contributed by atoms with Gasteiger partial charge in [-0.05, 0) is 38.7 Å². The molecular weight excluding hydrogens is 216 g/mol. The van der Waals surface area contributed by atoms with Gasteiger partial charge in [0.15, 0.2) is 0 Å². The fraction of sp³-hybridized carbons (Fsp3) is 0.538. The third-order valence-electron chi connectivity index (χ3n) is 3.54. The smallest absolute Gasteiger partial charge is 0.339 e. The Bertz CT molecular complexity index is 441. The lowest BCUT2D eigenvalue weighted by atomic mass is 10.1. The summed E-state index contributed by atoms with van der Waals surface area (Å²) < 4.78 is 0. The van der Waals surface area contributed by atoms with Gasteiger partial charge in [0.2, 0.25) is 0 Å². The molecule has 92 valence electrons. The number of aromatic carboxylic acids is 1. The molecule has 17 heavy (non-hydrogen) atoms. The Labute approximate surface area is 101 Å². The van der Waals surface area contributed by atoms with E-state index in [9.17, 15) is 9.90 Å². The number of aromatic nitrogens is 1. The van der Waals surface area contributed by atoms with Crippen LogP contribution >= 0.6 is 0 Å². The van der Waals surface area contributed by atoms with Gasteiger partial charge >= 0.3 is 5.97 Å². The first-order valence-electron chi connectivity index (χ1n) is 5.93. The first kappa shape index (κ1) is 11.9. The molecule has 0 aliphatic heterocycles. The molecule has 0 saturated heterocycles. The quantitative estimate of drug-likeness (QED) is 0.868. The van der Waals surface area contributed by atoms with Gasteiger partial charge < -0.3 is 10.0 Å². The minimum absolute atomic E-state index is 0.283. The second-order valence-electron chi connectivity index (χ2n) is 4.84. The summed E-state index contributed by atoms with van der Waals surface area (Å²) in [5, 5.41) is 9.17. The van der Waals surface area contributed by atoms with Gasteiger partial charge in [0, 0.05) is 25.0 Å². The van der Waals surface area contributed by atoms with Crippen molar-refractivity contribution < 1.29 is 9.90 Å². The van der Waals surface area contributed by atoms with Crippen molar-refractivity contribution in [1.82, 2.24) is 4.98 Å². The lowest BCUT2D eigenvalue weighted by Crippen LogP contribution is -2.32.